The van der Waals surface area contributed by atoms with Crippen molar-refractivity contribution in [3.8, 4) is 0 Å². The van der Waals surface area contributed by atoms with E-state index in [4.69, 9.17) is 4.99 Å². The first-order chi connectivity index (χ1) is 12.2. The van der Waals surface area contributed by atoms with E-state index < -0.39 is 0 Å². The van der Waals surface area contributed by atoms with Gasteiger partial charge in [0.15, 0.2) is 5.96 Å². The first kappa shape index (κ1) is 23.0. The molecule has 0 spiro atoms. The van der Waals surface area contributed by atoms with Crippen LogP contribution in [0.5, 0.6) is 0 Å². The number of aliphatic imine (C=N–C) groups is 1. The number of anilines is 1. The van der Waals surface area contributed by atoms with Crippen molar-refractivity contribution in [1.29, 1.82) is 0 Å². The van der Waals surface area contributed by atoms with Crippen molar-refractivity contribution >= 4 is 35.8 Å². The Labute approximate surface area is 176 Å². The third-order valence-corrected chi connectivity index (χ3v) is 4.52. The molecule has 2 rings (SSSR count). The van der Waals surface area contributed by atoms with Gasteiger partial charge in [-0.25, -0.2) is 9.98 Å². The van der Waals surface area contributed by atoms with E-state index in [1.807, 2.05) is 6.20 Å². The van der Waals surface area contributed by atoms with Gasteiger partial charge in [-0.05, 0) is 49.8 Å². The van der Waals surface area contributed by atoms with Crippen molar-refractivity contribution in [2.45, 2.75) is 59.4 Å². The van der Waals surface area contributed by atoms with Crippen molar-refractivity contribution in [2.75, 3.05) is 31.1 Å². The number of guanidine groups is 1. The summed E-state index contributed by atoms with van der Waals surface area (Å²) in [6, 6.07) is 4.27. The van der Waals surface area contributed by atoms with Gasteiger partial charge in [-0.3, -0.25) is 0 Å². The number of hydrogen-bond acceptors (Lipinski definition) is 3. The summed E-state index contributed by atoms with van der Waals surface area (Å²) in [5.41, 5.74) is 1.22. The Bertz CT molecular complexity index is 525. The Morgan fingerprint density at radius 1 is 1.19 bits per heavy atom. The minimum Gasteiger partial charge on any atom is -0.357 e. The number of pyridine rings is 1. The summed E-state index contributed by atoms with van der Waals surface area (Å²) < 4.78 is 0. The average Bonchev–Trinajstić information content (AvgIpc) is 2.89. The van der Waals surface area contributed by atoms with Crippen molar-refractivity contribution in [1.82, 2.24) is 15.6 Å². The summed E-state index contributed by atoms with van der Waals surface area (Å²) in [6.45, 7) is 11.4. The second kappa shape index (κ2) is 13.2. The zero-order valence-electron chi connectivity index (χ0n) is 16.6. The first-order valence-corrected chi connectivity index (χ1v) is 9.91. The zero-order chi connectivity index (χ0) is 17.9. The van der Waals surface area contributed by atoms with E-state index in [0.717, 1.165) is 44.4 Å². The monoisotopic (exact) mass is 473 g/mol. The molecule has 0 radical (unpaired) electrons. The summed E-state index contributed by atoms with van der Waals surface area (Å²) in [5, 5.41) is 6.75. The van der Waals surface area contributed by atoms with Crippen molar-refractivity contribution in [3.63, 3.8) is 0 Å². The lowest BCUT2D eigenvalue weighted by Crippen LogP contribution is -2.38. The van der Waals surface area contributed by atoms with E-state index >= 15 is 0 Å². The Kier molecular flexibility index (Phi) is 11.6. The molecule has 0 atom stereocenters. The van der Waals surface area contributed by atoms with Gasteiger partial charge in [0.05, 0.1) is 6.54 Å². The number of nitrogens with one attached hydrogen (secondary N) is 2. The van der Waals surface area contributed by atoms with Crippen LogP contribution >= 0.6 is 24.0 Å². The second-order valence-electron chi connectivity index (χ2n) is 7.23. The fourth-order valence-electron chi connectivity index (χ4n) is 3.02. The fourth-order valence-corrected chi connectivity index (χ4v) is 3.02. The van der Waals surface area contributed by atoms with Crippen molar-refractivity contribution < 1.29 is 0 Å². The molecule has 148 valence electrons. The van der Waals surface area contributed by atoms with Crippen LogP contribution in [-0.4, -0.2) is 37.1 Å². The molecule has 1 fully saturated rings. The van der Waals surface area contributed by atoms with Crippen LogP contribution in [0.15, 0.2) is 23.3 Å². The minimum absolute atomic E-state index is 0. The SMILES string of the molecule is CCNC(=NCc1ccnc(N2CCCCCC2)c1)NCCC(C)C.I. The summed E-state index contributed by atoms with van der Waals surface area (Å²) in [4.78, 5) is 11.7. The standard InChI is InChI=1S/C20H35N5.HI/c1-4-21-20(23-11-9-17(2)3)24-16-18-10-12-22-19(15-18)25-13-7-5-6-8-14-25;/h10,12,15,17H,4-9,11,13-14,16H2,1-3H3,(H2,21,23,24);1H. The molecule has 0 aliphatic carbocycles. The van der Waals surface area contributed by atoms with E-state index in [9.17, 15) is 0 Å². The maximum absolute atomic E-state index is 4.73. The van der Waals surface area contributed by atoms with Crippen LogP contribution in [0.25, 0.3) is 0 Å². The van der Waals surface area contributed by atoms with Gasteiger partial charge in [0.1, 0.15) is 5.82 Å². The molecule has 1 aromatic rings. The molecule has 1 saturated heterocycles. The quantitative estimate of drug-likeness (QED) is 0.355. The highest BCUT2D eigenvalue weighted by atomic mass is 127. The van der Waals surface area contributed by atoms with E-state index in [-0.39, 0.29) is 24.0 Å². The summed E-state index contributed by atoms with van der Waals surface area (Å²) in [7, 11) is 0. The Hall–Kier alpha value is -1.05. The van der Waals surface area contributed by atoms with Crippen LogP contribution < -0.4 is 15.5 Å². The van der Waals surface area contributed by atoms with Gasteiger partial charge in [0.25, 0.3) is 0 Å². The Morgan fingerprint density at radius 3 is 2.58 bits per heavy atom. The molecule has 26 heavy (non-hydrogen) atoms. The topological polar surface area (TPSA) is 52.6 Å². The molecular formula is C20H36IN5. The number of hydrogen-bond donors (Lipinski definition) is 2. The lowest BCUT2D eigenvalue weighted by Gasteiger charge is -2.21. The van der Waals surface area contributed by atoms with Crippen LogP contribution in [0.1, 0.15) is 58.4 Å². The van der Waals surface area contributed by atoms with Gasteiger partial charge in [-0.1, -0.05) is 26.7 Å². The molecular weight excluding hydrogens is 437 g/mol. The van der Waals surface area contributed by atoms with Gasteiger partial charge >= 0.3 is 0 Å². The lowest BCUT2D eigenvalue weighted by molar-refractivity contribution is 0.573. The summed E-state index contributed by atoms with van der Waals surface area (Å²) in [5.74, 6) is 2.70. The third-order valence-electron chi connectivity index (χ3n) is 4.52. The second-order valence-corrected chi connectivity index (χ2v) is 7.23. The molecule has 1 aromatic heterocycles. The van der Waals surface area contributed by atoms with E-state index in [1.165, 1.54) is 31.2 Å². The van der Waals surface area contributed by atoms with Gasteiger partial charge in [-0.2, -0.15) is 0 Å². The maximum Gasteiger partial charge on any atom is 0.191 e. The predicted octanol–water partition coefficient (Wildman–Crippen LogP) is 4.18. The summed E-state index contributed by atoms with van der Waals surface area (Å²) in [6.07, 6.45) is 8.30. The first-order valence-electron chi connectivity index (χ1n) is 9.91. The summed E-state index contributed by atoms with van der Waals surface area (Å²) >= 11 is 0. The number of rotatable bonds is 7. The largest absolute Gasteiger partial charge is 0.357 e. The van der Waals surface area contributed by atoms with Crippen LogP contribution in [0.4, 0.5) is 5.82 Å². The highest BCUT2D eigenvalue weighted by Gasteiger charge is 2.11. The molecule has 0 saturated carbocycles. The molecule has 2 N–H and O–H groups in total. The molecule has 1 aliphatic rings. The number of aromatic nitrogens is 1. The Morgan fingerprint density at radius 2 is 1.92 bits per heavy atom. The van der Waals surface area contributed by atoms with Crippen molar-refractivity contribution in [2.24, 2.45) is 10.9 Å². The normalized spacial score (nSPS) is 15.4. The molecule has 0 bridgehead atoms. The highest BCUT2D eigenvalue weighted by Crippen LogP contribution is 2.18. The fraction of sp³-hybridized carbons (Fsp3) is 0.700. The van der Waals surface area contributed by atoms with E-state index in [2.05, 4.69) is 53.4 Å². The van der Waals surface area contributed by atoms with E-state index in [0.29, 0.717) is 12.5 Å². The van der Waals surface area contributed by atoms with Crippen molar-refractivity contribution in [3.05, 3.63) is 23.9 Å². The van der Waals surface area contributed by atoms with E-state index in [1.54, 1.807) is 0 Å². The zero-order valence-corrected chi connectivity index (χ0v) is 19.0. The lowest BCUT2D eigenvalue weighted by atomic mass is 10.1. The van der Waals surface area contributed by atoms with Crippen LogP contribution in [-0.2, 0) is 6.54 Å². The highest BCUT2D eigenvalue weighted by molar-refractivity contribution is 14.0. The third kappa shape index (κ3) is 8.56. The molecule has 0 amide bonds. The van der Waals surface area contributed by atoms with Gasteiger partial charge in [0.2, 0.25) is 0 Å². The maximum atomic E-state index is 4.73. The average molecular weight is 473 g/mol. The molecule has 1 aliphatic heterocycles. The molecule has 5 nitrogen and oxygen atoms in total. The van der Waals surface area contributed by atoms with Crippen LogP contribution in [0.2, 0.25) is 0 Å². The molecule has 2 heterocycles. The van der Waals surface area contributed by atoms with Gasteiger partial charge in [-0.15, -0.1) is 24.0 Å². The van der Waals surface area contributed by atoms with Gasteiger partial charge < -0.3 is 15.5 Å². The number of halogens is 1. The van der Waals surface area contributed by atoms with Crippen LogP contribution in [0.3, 0.4) is 0 Å². The van der Waals surface area contributed by atoms with Gasteiger partial charge in [0, 0.05) is 32.4 Å². The molecule has 6 heteroatoms. The molecule has 0 unspecified atom stereocenters. The smallest absolute Gasteiger partial charge is 0.191 e. The van der Waals surface area contributed by atoms with Crippen LogP contribution in [0, 0.1) is 5.92 Å². The minimum atomic E-state index is 0. The Balaban J connectivity index is 0.00000338. The molecule has 0 aromatic carbocycles. The number of nitrogens with zero attached hydrogens (tertiary/aromatic N) is 3. The predicted molar refractivity (Wildman–Crippen MR) is 123 cm³/mol.